The van der Waals surface area contributed by atoms with Gasteiger partial charge in [0.25, 0.3) is 0 Å². The van der Waals surface area contributed by atoms with Crippen LogP contribution in [0.5, 0.6) is 0 Å². The minimum Gasteiger partial charge on any atom is 0 e. The number of rotatable bonds is 0. The summed E-state index contributed by atoms with van der Waals surface area (Å²) in [4.78, 5) is 0. The maximum absolute atomic E-state index is 0. The molecule has 0 saturated carbocycles. The van der Waals surface area contributed by atoms with Crippen molar-refractivity contribution in [3.8, 4) is 0 Å². The van der Waals surface area contributed by atoms with Crippen LogP contribution in [0.25, 0.3) is 0 Å². The van der Waals surface area contributed by atoms with Crippen LogP contribution in [0.15, 0.2) is 0 Å². The van der Waals surface area contributed by atoms with Crippen LogP contribution in [-0.2, 0) is 0 Å². The Bertz CT molecular complexity index is 8.00. The van der Waals surface area contributed by atoms with Gasteiger partial charge in [0.2, 0.25) is 0 Å². The maximum Gasteiger partial charge on any atom is 0 e. The van der Waals surface area contributed by atoms with Crippen molar-refractivity contribution in [2.24, 2.45) is 0 Å². The normalized spacial score (nSPS) is 0. The van der Waals surface area contributed by atoms with Gasteiger partial charge in [-0.2, -0.15) is 0 Å². The molecule has 0 nitrogen and oxygen atoms in total. The summed E-state index contributed by atoms with van der Waals surface area (Å²) in [7, 11) is 0. The Morgan fingerprint density at radius 2 is 1.00 bits per heavy atom. The summed E-state index contributed by atoms with van der Waals surface area (Å²) in [6.45, 7) is 0. The van der Waals surface area contributed by atoms with Crippen LogP contribution in [0, 0.1) is 0 Å². The van der Waals surface area contributed by atoms with E-state index in [0.29, 0.717) is 0 Å². The van der Waals surface area contributed by atoms with Crippen LogP contribution in [0.4, 0.5) is 0 Å². The van der Waals surface area contributed by atoms with Crippen molar-refractivity contribution < 1.29 is 0 Å². The van der Waals surface area contributed by atoms with E-state index in [1.54, 1.807) is 0 Å². The molecule has 0 aliphatic rings. The van der Waals surface area contributed by atoms with Gasteiger partial charge in [0.05, 0.1) is 0 Å². The van der Waals surface area contributed by atoms with E-state index in [0.717, 1.165) is 0 Å². The zero-order valence-corrected chi connectivity index (χ0v) is 9.29. The molecule has 10 radical (unpaired) electrons. The molecule has 4 heavy (non-hydrogen) atoms. The second-order valence-corrected chi connectivity index (χ2v) is 0. The molecule has 0 saturated heterocycles. The quantitative estimate of drug-likeness (QED) is 0.376. The molecule has 0 unspecified atom stereocenters. The van der Waals surface area contributed by atoms with E-state index in [9.17, 15) is 0 Å². The molecule has 0 aliphatic carbocycles. The van der Waals surface area contributed by atoms with Gasteiger partial charge in [-0.15, -0.1) is 0 Å². The van der Waals surface area contributed by atoms with Crippen molar-refractivity contribution in [3.63, 3.8) is 0 Å². The fourth-order valence-corrected chi connectivity index (χ4v) is 0. The Hall–Kier alpha value is 2.96. The first kappa shape index (κ1) is 28.2. The van der Waals surface area contributed by atoms with Crippen molar-refractivity contribution in [1.29, 1.82) is 0 Å². The number of hydrogen-bond donors (Lipinski definition) is 0. The largest absolute Gasteiger partial charge is 0 e. The molecule has 0 rings (SSSR count). The second kappa shape index (κ2) is 16.7. The van der Waals surface area contributed by atoms with Gasteiger partial charge in [-0.1, -0.05) is 0 Å². The molecule has 0 atom stereocenters. The molecule has 0 N–H and O–H groups in total. The Labute approximate surface area is 90.3 Å². The molecule has 0 fully saturated rings. The summed E-state index contributed by atoms with van der Waals surface area (Å²) in [5, 5.41) is 0. The molecule has 4 heteroatoms. The van der Waals surface area contributed by atoms with Crippen LogP contribution < -0.4 is 0 Å². The first-order valence-electron chi connectivity index (χ1n) is 0. The topological polar surface area (TPSA) is 0 Å². The van der Waals surface area contributed by atoms with Crippen molar-refractivity contribution in [3.05, 3.63) is 0 Å². The van der Waals surface area contributed by atoms with Gasteiger partial charge in [0.1, 0.15) is 0 Å². The van der Waals surface area contributed by atoms with E-state index < -0.39 is 0 Å². The Morgan fingerprint density at radius 1 is 1.00 bits per heavy atom. The van der Waals surface area contributed by atoms with Crippen LogP contribution in [0.1, 0.15) is 0 Å². The SMILES string of the molecule is [Ge].[K].[P].[S]. The fraction of sp³-hybridized carbons (Fsp3) is 0. The molecular formula is GeKPS. The smallest absolute Gasteiger partial charge is 0 e. The van der Waals surface area contributed by atoms with Crippen LogP contribution in [0.3, 0.4) is 0 Å². The van der Waals surface area contributed by atoms with Crippen LogP contribution in [-0.4, -0.2) is 69.0 Å². The fourth-order valence-electron chi connectivity index (χ4n) is 0. The van der Waals surface area contributed by atoms with Gasteiger partial charge in [-0.05, 0) is 0 Å². The Kier molecular flexibility index (Phi) is 118. The molecule has 0 amide bonds. The average Bonchev–Trinajstić information content (AvgIpc) is 0. The van der Waals surface area contributed by atoms with E-state index in [1.165, 1.54) is 0 Å². The van der Waals surface area contributed by atoms with Gasteiger partial charge in [-0.3, -0.25) is 0 Å². The minimum atomic E-state index is 0. The summed E-state index contributed by atoms with van der Waals surface area (Å²) in [5.74, 6) is 0. The van der Waals surface area contributed by atoms with E-state index in [4.69, 9.17) is 0 Å². The molecule has 0 spiro atoms. The first-order chi connectivity index (χ1) is 0. The van der Waals surface area contributed by atoms with Crippen molar-refractivity contribution in [2.45, 2.75) is 0 Å². The zero-order valence-electron chi connectivity index (χ0n) is 2.36. The third kappa shape index (κ3) is 8.88. The summed E-state index contributed by atoms with van der Waals surface area (Å²) in [5.41, 5.74) is 0. The summed E-state index contributed by atoms with van der Waals surface area (Å²) in [6, 6.07) is 0. The van der Waals surface area contributed by atoms with Crippen molar-refractivity contribution >= 4 is 92.4 Å². The molecule has 0 aromatic carbocycles. The average molecular weight is 175 g/mol. The molecule has 16 valence electrons. The Morgan fingerprint density at radius 3 is 1.00 bits per heavy atom. The zero-order chi connectivity index (χ0) is 0. The number of hydrogen-bond acceptors (Lipinski definition) is 0. The predicted molar refractivity (Wildman–Crippen MR) is 26.0 cm³/mol. The van der Waals surface area contributed by atoms with Crippen LogP contribution >= 0.6 is 23.4 Å². The molecule has 0 aromatic heterocycles. The third-order valence-electron chi connectivity index (χ3n) is 0. The van der Waals surface area contributed by atoms with E-state index in [2.05, 4.69) is 0 Å². The second-order valence-electron chi connectivity index (χ2n) is 0. The Balaban J connectivity index is 0. The van der Waals surface area contributed by atoms with Gasteiger partial charge < -0.3 is 0 Å². The van der Waals surface area contributed by atoms with Gasteiger partial charge in [-0.25, -0.2) is 0 Å². The predicted octanol–water partition coefficient (Wildman–Crippen LogP) is 0.748. The summed E-state index contributed by atoms with van der Waals surface area (Å²) < 4.78 is 0. The van der Waals surface area contributed by atoms with Gasteiger partial charge >= 0.3 is 0 Å². The van der Waals surface area contributed by atoms with Gasteiger partial charge in [0.15, 0.2) is 0 Å². The maximum atomic E-state index is 0. The molecule has 0 bridgehead atoms. The van der Waals surface area contributed by atoms with E-state index in [-0.39, 0.29) is 92.4 Å². The van der Waals surface area contributed by atoms with Crippen molar-refractivity contribution in [2.75, 3.05) is 0 Å². The summed E-state index contributed by atoms with van der Waals surface area (Å²) in [6.07, 6.45) is 0. The first-order valence-corrected chi connectivity index (χ1v) is 0. The van der Waals surface area contributed by atoms with Crippen molar-refractivity contribution in [1.82, 2.24) is 0 Å². The third-order valence-corrected chi connectivity index (χ3v) is 0. The van der Waals surface area contributed by atoms with Crippen LogP contribution in [0.2, 0.25) is 0 Å². The molecule has 0 aromatic rings. The van der Waals surface area contributed by atoms with E-state index >= 15 is 0 Å². The van der Waals surface area contributed by atoms with Gasteiger partial charge in [0, 0.05) is 92.4 Å². The van der Waals surface area contributed by atoms with E-state index in [1.807, 2.05) is 0 Å². The molecule has 0 heterocycles. The molecular weight excluding hydrogens is 175 g/mol. The monoisotopic (exact) mass is 176 g/mol. The molecule has 0 aliphatic heterocycles. The summed E-state index contributed by atoms with van der Waals surface area (Å²) >= 11 is 0. The minimum absolute atomic E-state index is 0. The standard InChI is InChI=1S/Ge.K.P.S.